The normalized spacial score (nSPS) is 12.9. The highest BCUT2D eigenvalue weighted by Crippen LogP contribution is 2.63. The molecule has 2 aliphatic carbocycles. The Morgan fingerprint density at radius 1 is 0.286 bits per heavy atom. The van der Waals surface area contributed by atoms with Gasteiger partial charge in [-0.05, 0) is 140 Å². The van der Waals surface area contributed by atoms with E-state index in [1.54, 1.807) is 0 Å². The monoisotopic (exact) mass is 800 g/mol. The number of nitrogens with zero attached hydrogens (tertiary/aromatic N) is 2. The highest BCUT2D eigenvalue weighted by Gasteiger charge is 2.51. The topological polar surface area (TPSA) is 8.17 Å². The van der Waals surface area contributed by atoms with Crippen LogP contribution >= 0.6 is 0 Å². The lowest BCUT2D eigenvalue weighted by molar-refractivity contribution is 0.793. The first-order valence-corrected chi connectivity index (χ1v) is 21.8. The molecule has 11 aromatic rings. The average Bonchev–Trinajstić information content (AvgIpc) is 3.96. The van der Waals surface area contributed by atoms with Gasteiger partial charge in [0.05, 0.1) is 16.4 Å². The first-order chi connectivity index (χ1) is 31.3. The average molecular weight is 801 g/mol. The lowest BCUT2D eigenvalue weighted by Gasteiger charge is -2.32. The second-order valence-electron chi connectivity index (χ2n) is 16.8. The van der Waals surface area contributed by atoms with Gasteiger partial charge < -0.3 is 9.47 Å². The van der Waals surface area contributed by atoms with Crippen molar-refractivity contribution in [1.82, 2.24) is 4.57 Å². The molecule has 10 aromatic carbocycles. The van der Waals surface area contributed by atoms with Crippen LogP contribution in [0.3, 0.4) is 0 Å². The smallest absolute Gasteiger partial charge is 0.0726 e. The molecule has 2 nitrogen and oxygen atoms in total. The molecule has 1 aromatic heterocycles. The van der Waals surface area contributed by atoms with E-state index in [9.17, 15) is 0 Å². The minimum atomic E-state index is -0.417. The number of aromatic nitrogens is 1. The lowest BCUT2D eigenvalue weighted by Crippen LogP contribution is -2.26. The van der Waals surface area contributed by atoms with E-state index in [1.807, 2.05) is 0 Å². The van der Waals surface area contributed by atoms with Crippen LogP contribution in [0, 0.1) is 0 Å². The summed E-state index contributed by atoms with van der Waals surface area (Å²) in [5.74, 6) is 0. The molecule has 2 heteroatoms. The van der Waals surface area contributed by atoms with E-state index >= 15 is 0 Å². The number of rotatable bonds is 6. The molecule has 0 saturated carbocycles. The van der Waals surface area contributed by atoms with Crippen molar-refractivity contribution in [3.05, 3.63) is 265 Å². The Balaban J connectivity index is 0.937. The van der Waals surface area contributed by atoms with Crippen molar-refractivity contribution >= 4 is 38.9 Å². The molecule has 0 fully saturated rings. The molecule has 0 bridgehead atoms. The molecular weight excluding hydrogens is 761 g/mol. The summed E-state index contributed by atoms with van der Waals surface area (Å²) < 4.78 is 2.38. The van der Waals surface area contributed by atoms with Gasteiger partial charge in [0, 0.05) is 33.5 Å². The summed E-state index contributed by atoms with van der Waals surface area (Å²) in [5, 5.41) is 2.51. The lowest BCUT2D eigenvalue weighted by atomic mass is 9.70. The Morgan fingerprint density at radius 2 is 0.778 bits per heavy atom. The van der Waals surface area contributed by atoms with Gasteiger partial charge in [-0.1, -0.05) is 170 Å². The van der Waals surface area contributed by atoms with Gasteiger partial charge in [0.2, 0.25) is 0 Å². The molecule has 13 rings (SSSR count). The van der Waals surface area contributed by atoms with Gasteiger partial charge in [-0.3, -0.25) is 0 Å². The van der Waals surface area contributed by atoms with E-state index in [0.717, 1.165) is 17.1 Å². The molecule has 0 atom stereocenters. The molecule has 0 unspecified atom stereocenters. The van der Waals surface area contributed by atoms with Crippen molar-refractivity contribution in [2.45, 2.75) is 5.41 Å². The van der Waals surface area contributed by atoms with Crippen molar-refractivity contribution in [2.75, 3.05) is 4.90 Å². The molecule has 0 aliphatic heterocycles. The van der Waals surface area contributed by atoms with Gasteiger partial charge in [0.25, 0.3) is 0 Å². The Hall–Kier alpha value is -8.20. The minimum Gasteiger partial charge on any atom is -0.310 e. The van der Waals surface area contributed by atoms with E-state index < -0.39 is 5.41 Å². The molecule has 0 saturated heterocycles. The van der Waals surface area contributed by atoms with Gasteiger partial charge in [-0.2, -0.15) is 0 Å². The fourth-order valence-corrected chi connectivity index (χ4v) is 11.0. The molecule has 0 amide bonds. The third-order valence-corrected chi connectivity index (χ3v) is 13.6. The molecule has 294 valence electrons. The zero-order valence-electron chi connectivity index (χ0n) is 34.5. The summed E-state index contributed by atoms with van der Waals surface area (Å²) in [5.41, 5.74) is 21.9. The minimum absolute atomic E-state index is 0.417. The van der Waals surface area contributed by atoms with Crippen LogP contribution in [0.5, 0.6) is 0 Å². The first kappa shape index (κ1) is 35.5. The molecule has 0 radical (unpaired) electrons. The molecule has 2 aliphatic rings. The number of para-hydroxylation sites is 3. The van der Waals surface area contributed by atoms with Crippen LogP contribution in [0.25, 0.3) is 72.0 Å². The van der Waals surface area contributed by atoms with Crippen LogP contribution in [0.15, 0.2) is 243 Å². The molecule has 1 spiro atoms. The Kier molecular flexibility index (Phi) is 7.85. The standard InChI is InChI=1S/C61H40N2/c1-3-20-45(21-4-1)62(48-34-35-52-51-27-9-13-31-57(51)61(58(52)40-48)55-29-11-7-25-49(55)50-26-8-12-30-56(50)61)47-24-16-19-43(38-47)41-17-15-18-42(37-41)44-33-36-60-54(39-44)53-28-10-14-32-59(53)63(60)46-22-5-2-6-23-46/h1-40H. The van der Waals surface area contributed by atoms with Gasteiger partial charge >= 0.3 is 0 Å². The quantitative estimate of drug-likeness (QED) is 0.163. The summed E-state index contributed by atoms with van der Waals surface area (Å²) in [4.78, 5) is 2.42. The largest absolute Gasteiger partial charge is 0.310 e. The van der Waals surface area contributed by atoms with E-state index in [0.29, 0.717) is 0 Å². The van der Waals surface area contributed by atoms with Crippen LogP contribution in [-0.2, 0) is 5.41 Å². The number of hydrogen-bond donors (Lipinski definition) is 0. The fourth-order valence-electron chi connectivity index (χ4n) is 11.0. The SMILES string of the molecule is c1ccc(N(c2cccc(-c3cccc(-c4ccc5c(c4)c4ccccc4n5-c4ccccc4)c3)c2)c2ccc3c(c2)C2(c4ccccc4-c4ccccc42)c2ccccc2-3)cc1. The van der Waals surface area contributed by atoms with Crippen LogP contribution in [0.1, 0.15) is 22.3 Å². The molecule has 1 heterocycles. The Bertz CT molecular complexity index is 3520. The van der Waals surface area contributed by atoms with Crippen LogP contribution in [-0.4, -0.2) is 4.57 Å². The van der Waals surface area contributed by atoms with Gasteiger partial charge in [-0.15, -0.1) is 0 Å². The van der Waals surface area contributed by atoms with Crippen molar-refractivity contribution in [1.29, 1.82) is 0 Å². The predicted molar refractivity (Wildman–Crippen MR) is 263 cm³/mol. The maximum Gasteiger partial charge on any atom is 0.0726 e. The Labute approximate surface area is 367 Å². The van der Waals surface area contributed by atoms with E-state index in [2.05, 4.69) is 252 Å². The summed E-state index contributed by atoms with van der Waals surface area (Å²) in [7, 11) is 0. The first-order valence-electron chi connectivity index (χ1n) is 21.8. The van der Waals surface area contributed by atoms with Crippen molar-refractivity contribution in [3.8, 4) is 50.2 Å². The van der Waals surface area contributed by atoms with E-state index in [-0.39, 0.29) is 0 Å². The highest BCUT2D eigenvalue weighted by atomic mass is 15.1. The molecular formula is C61H40N2. The van der Waals surface area contributed by atoms with E-state index in [4.69, 9.17) is 0 Å². The maximum atomic E-state index is 2.47. The summed E-state index contributed by atoms with van der Waals surface area (Å²) in [6, 6.07) is 89.4. The predicted octanol–water partition coefficient (Wildman–Crippen LogP) is 15.9. The second-order valence-corrected chi connectivity index (χ2v) is 16.8. The number of hydrogen-bond acceptors (Lipinski definition) is 1. The number of anilines is 3. The van der Waals surface area contributed by atoms with Gasteiger partial charge in [-0.25, -0.2) is 0 Å². The third-order valence-electron chi connectivity index (χ3n) is 13.6. The van der Waals surface area contributed by atoms with E-state index in [1.165, 1.54) is 94.3 Å². The summed E-state index contributed by atoms with van der Waals surface area (Å²) in [6.45, 7) is 0. The number of benzene rings is 10. The van der Waals surface area contributed by atoms with Crippen LogP contribution in [0.2, 0.25) is 0 Å². The summed E-state index contributed by atoms with van der Waals surface area (Å²) in [6.07, 6.45) is 0. The van der Waals surface area contributed by atoms with Crippen molar-refractivity contribution < 1.29 is 0 Å². The van der Waals surface area contributed by atoms with Crippen LogP contribution in [0.4, 0.5) is 17.1 Å². The molecule has 63 heavy (non-hydrogen) atoms. The fraction of sp³-hybridized carbons (Fsp3) is 0.0164. The van der Waals surface area contributed by atoms with Gasteiger partial charge in [0.15, 0.2) is 0 Å². The second kappa shape index (κ2) is 13.9. The van der Waals surface area contributed by atoms with Crippen LogP contribution < -0.4 is 4.90 Å². The zero-order valence-corrected chi connectivity index (χ0v) is 34.5. The molecule has 0 N–H and O–H groups in total. The van der Waals surface area contributed by atoms with Gasteiger partial charge in [0.1, 0.15) is 0 Å². The zero-order chi connectivity index (χ0) is 41.5. The maximum absolute atomic E-state index is 2.47. The number of fused-ring (bicyclic) bond motifs is 13. The van der Waals surface area contributed by atoms with Crippen molar-refractivity contribution in [2.24, 2.45) is 0 Å². The van der Waals surface area contributed by atoms with Crippen molar-refractivity contribution in [3.63, 3.8) is 0 Å². The highest BCUT2D eigenvalue weighted by molar-refractivity contribution is 6.10. The summed E-state index contributed by atoms with van der Waals surface area (Å²) >= 11 is 0. The Morgan fingerprint density at radius 3 is 1.46 bits per heavy atom. The third kappa shape index (κ3) is 5.25.